The number of aldehydes is 1. The topological polar surface area (TPSA) is 17.1 Å². The molecule has 0 aliphatic heterocycles. The zero-order chi connectivity index (χ0) is 10.1. The van der Waals surface area contributed by atoms with Gasteiger partial charge in [-0.3, -0.25) is 4.79 Å². The molecule has 2 aromatic rings. The van der Waals surface area contributed by atoms with Crippen molar-refractivity contribution in [3.8, 4) is 0 Å². The van der Waals surface area contributed by atoms with Crippen LogP contribution in [0.5, 0.6) is 0 Å². The Kier molecular flexibility index (Phi) is 2.08. The van der Waals surface area contributed by atoms with E-state index in [4.69, 9.17) is 0 Å². The molecule has 0 spiro atoms. The molecule has 0 saturated heterocycles. The van der Waals surface area contributed by atoms with Gasteiger partial charge in [-0.05, 0) is 35.7 Å². The molecule has 2 aromatic carbocycles. The summed E-state index contributed by atoms with van der Waals surface area (Å²) in [7, 11) is 0. The molecule has 0 N–H and O–H groups in total. The smallest absolute Gasteiger partial charge is 0.150 e. The van der Waals surface area contributed by atoms with Crippen molar-refractivity contribution in [3.05, 3.63) is 47.0 Å². The van der Waals surface area contributed by atoms with E-state index in [9.17, 15) is 4.79 Å². The first kappa shape index (κ1) is 8.95. The summed E-state index contributed by atoms with van der Waals surface area (Å²) in [6.07, 6.45) is 0.918. The molecule has 0 aliphatic rings. The Morgan fingerprint density at radius 2 is 1.86 bits per heavy atom. The first-order chi connectivity index (χ1) is 6.74. The predicted octanol–water partition coefficient (Wildman–Crippen LogP) is 3.27. The number of hydrogen-bond acceptors (Lipinski definition) is 1. The van der Waals surface area contributed by atoms with Gasteiger partial charge in [0.2, 0.25) is 0 Å². The Labute approximate surface area is 83.4 Å². The third-order valence-corrected chi connectivity index (χ3v) is 2.68. The van der Waals surface area contributed by atoms with Crippen LogP contribution in [0.3, 0.4) is 0 Å². The lowest BCUT2D eigenvalue weighted by Gasteiger charge is -2.07. The van der Waals surface area contributed by atoms with Crippen LogP contribution in [0.25, 0.3) is 10.8 Å². The van der Waals surface area contributed by atoms with Crippen molar-refractivity contribution in [1.29, 1.82) is 0 Å². The molecule has 0 unspecified atom stereocenters. The van der Waals surface area contributed by atoms with Gasteiger partial charge in [-0.1, -0.05) is 30.3 Å². The molecule has 0 fully saturated rings. The minimum atomic E-state index is 0.784. The highest BCUT2D eigenvalue weighted by Crippen LogP contribution is 2.23. The van der Waals surface area contributed by atoms with Crippen molar-refractivity contribution in [1.82, 2.24) is 0 Å². The lowest BCUT2D eigenvalue weighted by atomic mass is 9.97. The van der Waals surface area contributed by atoms with Gasteiger partial charge in [0.25, 0.3) is 0 Å². The Morgan fingerprint density at radius 1 is 1.07 bits per heavy atom. The first-order valence-electron chi connectivity index (χ1n) is 4.68. The highest BCUT2D eigenvalue weighted by Gasteiger charge is 2.04. The van der Waals surface area contributed by atoms with Gasteiger partial charge in [-0.25, -0.2) is 0 Å². The van der Waals surface area contributed by atoms with Gasteiger partial charge in [0.05, 0.1) is 0 Å². The molecule has 1 heteroatoms. The van der Waals surface area contributed by atoms with E-state index in [1.54, 1.807) is 0 Å². The summed E-state index contributed by atoms with van der Waals surface area (Å²) in [5.74, 6) is 0. The molecule has 0 heterocycles. The number of rotatable bonds is 1. The molecule has 0 saturated carbocycles. The normalized spacial score (nSPS) is 10.4. The molecule has 70 valence electrons. The van der Waals surface area contributed by atoms with Crippen LogP contribution >= 0.6 is 0 Å². The summed E-state index contributed by atoms with van der Waals surface area (Å²) in [4.78, 5) is 10.8. The fourth-order valence-corrected chi connectivity index (χ4v) is 1.92. The quantitative estimate of drug-likeness (QED) is 0.622. The molecule has 0 aromatic heterocycles. The second kappa shape index (κ2) is 3.26. The van der Waals surface area contributed by atoms with Gasteiger partial charge in [0.1, 0.15) is 6.29 Å². The van der Waals surface area contributed by atoms with Crippen molar-refractivity contribution in [3.63, 3.8) is 0 Å². The second-order valence-corrected chi connectivity index (χ2v) is 3.57. The third kappa shape index (κ3) is 1.22. The Bertz CT molecular complexity index is 498. The summed E-state index contributed by atoms with van der Waals surface area (Å²) >= 11 is 0. The summed E-state index contributed by atoms with van der Waals surface area (Å²) in [5, 5.41) is 2.41. The van der Waals surface area contributed by atoms with Gasteiger partial charge >= 0.3 is 0 Å². The number of benzene rings is 2. The highest BCUT2D eigenvalue weighted by molar-refractivity contribution is 5.94. The minimum Gasteiger partial charge on any atom is -0.298 e. The van der Waals surface area contributed by atoms with Crippen LogP contribution in [-0.2, 0) is 0 Å². The number of carbonyl (C=O) groups excluding carboxylic acids is 1. The highest BCUT2D eigenvalue weighted by atomic mass is 16.1. The van der Waals surface area contributed by atoms with Gasteiger partial charge in [0.15, 0.2) is 0 Å². The predicted molar refractivity (Wildman–Crippen MR) is 58.8 cm³/mol. The SMILES string of the molecule is Cc1cccc2ccc(C=O)c(C)c12. The summed E-state index contributed by atoms with van der Waals surface area (Å²) in [6.45, 7) is 4.07. The van der Waals surface area contributed by atoms with E-state index in [2.05, 4.69) is 19.1 Å². The molecule has 0 radical (unpaired) electrons. The fourth-order valence-electron chi connectivity index (χ4n) is 1.92. The Morgan fingerprint density at radius 3 is 2.57 bits per heavy atom. The largest absolute Gasteiger partial charge is 0.298 e. The third-order valence-electron chi connectivity index (χ3n) is 2.68. The Balaban J connectivity index is 2.93. The zero-order valence-electron chi connectivity index (χ0n) is 8.37. The maximum Gasteiger partial charge on any atom is 0.150 e. The van der Waals surface area contributed by atoms with E-state index in [0.717, 1.165) is 17.4 Å². The van der Waals surface area contributed by atoms with Crippen molar-refractivity contribution in [2.45, 2.75) is 13.8 Å². The first-order valence-corrected chi connectivity index (χ1v) is 4.68. The van der Waals surface area contributed by atoms with E-state index in [1.807, 2.05) is 25.1 Å². The van der Waals surface area contributed by atoms with Crippen LogP contribution in [0.2, 0.25) is 0 Å². The fraction of sp³-hybridized carbons (Fsp3) is 0.154. The maximum absolute atomic E-state index is 10.8. The summed E-state index contributed by atoms with van der Waals surface area (Å²) in [5.41, 5.74) is 3.09. The standard InChI is InChI=1S/C13H12O/c1-9-4-3-5-11-6-7-12(8-14)10(2)13(9)11/h3-8H,1-2H3. The number of aryl methyl sites for hydroxylation is 2. The summed E-state index contributed by atoms with van der Waals surface area (Å²) in [6, 6.07) is 10.1. The number of carbonyl (C=O) groups is 1. The lowest BCUT2D eigenvalue weighted by Crippen LogP contribution is -1.89. The molecule has 0 bridgehead atoms. The van der Waals surface area contributed by atoms with Gasteiger partial charge in [-0.15, -0.1) is 0 Å². The second-order valence-electron chi connectivity index (χ2n) is 3.57. The van der Waals surface area contributed by atoms with E-state index in [-0.39, 0.29) is 0 Å². The molecular weight excluding hydrogens is 172 g/mol. The van der Waals surface area contributed by atoms with E-state index < -0.39 is 0 Å². The molecule has 0 aliphatic carbocycles. The monoisotopic (exact) mass is 184 g/mol. The van der Waals surface area contributed by atoms with Crippen LogP contribution in [0, 0.1) is 13.8 Å². The molecule has 0 amide bonds. The van der Waals surface area contributed by atoms with E-state index >= 15 is 0 Å². The average molecular weight is 184 g/mol. The number of fused-ring (bicyclic) bond motifs is 1. The molecule has 14 heavy (non-hydrogen) atoms. The van der Waals surface area contributed by atoms with Crippen LogP contribution in [0.1, 0.15) is 21.5 Å². The maximum atomic E-state index is 10.8. The van der Waals surface area contributed by atoms with Crippen molar-refractivity contribution >= 4 is 17.1 Å². The van der Waals surface area contributed by atoms with Crippen LogP contribution in [-0.4, -0.2) is 6.29 Å². The minimum absolute atomic E-state index is 0.784. The van der Waals surface area contributed by atoms with Gasteiger partial charge in [-0.2, -0.15) is 0 Å². The average Bonchev–Trinajstić information content (AvgIpc) is 2.18. The number of hydrogen-bond donors (Lipinski definition) is 0. The lowest BCUT2D eigenvalue weighted by molar-refractivity contribution is 0.112. The van der Waals surface area contributed by atoms with Crippen LogP contribution in [0.15, 0.2) is 30.3 Å². The molecule has 0 atom stereocenters. The summed E-state index contributed by atoms with van der Waals surface area (Å²) < 4.78 is 0. The van der Waals surface area contributed by atoms with Crippen molar-refractivity contribution in [2.75, 3.05) is 0 Å². The molecular formula is C13H12O. The Hall–Kier alpha value is -1.63. The molecule has 2 rings (SSSR count). The van der Waals surface area contributed by atoms with Crippen LogP contribution in [0.4, 0.5) is 0 Å². The zero-order valence-corrected chi connectivity index (χ0v) is 8.37. The van der Waals surface area contributed by atoms with Gasteiger partial charge < -0.3 is 0 Å². The van der Waals surface area contributed by atoms with Gasteiger partial charge in [0, 0.05) is 5.56 Å². The van der Waals surface area contributed by atoms with E-state index in [0.29, 0.717) is 0 Å². The van der Waals surface area contributed by atoms with E-state index in [1.165, 1.54) is 16.3 Å². The van der Waals surface area contributed by atoms with Crippen molar-refractivity contribution in [2.24, 2.45) is 0 Å². The molecule has 1 nitrogen and oxygen atoms in total. The van der Waals surface area contributed by atoms with Crippen molar-refractivity contribution < 1.29 is 4.79 Å². The van der Waals surface area contributed by atoms with Crippen LogP contribution < -0.4 is 0 Å².